The van der Waals surface area contributed by atoms with Crippen molar-refractivity contribution in [2.75, 3.05) is 50.8 Å². The quantitative estimate of drug-likeness (QED) is 0.680. The van der Waals surface area contributed by atoms with Crippen molar-refractivity contribution < 1.29 is 19.1 Å². The monoisotopic (exact) mass is 441 g/mol. The lowest BCUT2D eigenvalue weighted by molar-refractivity contribution is -0.144. The number of carbonyl (C=O) groups is 3. The number of hydrogen-bond acceptors (Lipinski definition) is 4. The van der Waals surface area contributed by atoms with Gasteiger partial charge in [-0.1, -0.05) is 25.5 Å². The maximum atomic E-state index is 13.1. The van der Waals surface area contributed by atoms with Gasteiger partial charge >= 0.3 is 0 Å². The molecule has 3 aliphatic rings. The molecule has 3 fully saturated rings. The number of unbranched alkanes of at least 4 members (excludes halogenated alkanes) is 1. The van der Waals surface area contributed by atoms with E-state index in [-0.39, 0.29) is 36.0 Å². The fourth-order valence-corrected chi connectivity index (χ4v) is 4.99. The van der Waals surface area contributed by atoms with Gasteiger partial charge in [-0.05, 0) is 43.4 Å². The normalized spacial score (nSPS) is 22.5. The van der Waals surface area contributed by atoms with Gasteiger partial charge in [0.15, 0.2) is 0 Å². The molecule has 4 rings (SSSR count). The minimum absolute atomic E-state index is 0.00918. The number of rotatable bonds is 6. The second kappa shape index (κ2) is 10.5. The molecule has 1 unspecified atom stereocenters. The van der Waals surface area contributed by atoms with Crippen LogP contribution in [0.5, 0.6) is 0 Å². The van der Waals surface area contributed by atoms with Gasteiger partial charge in [0, 0.05) is 50.7 Å². The van der Waals surface area contributed by atoms with Gasteiger partial charge in [-0.2, -0.15) is 0 Å². The zero-order valence-electron chi connectivity index (χ0n) is 19.1. The Hall–Kier alpha value is -2.41. The Kier molecular flexibility index (Phi) is 7.45. The molecule has 1 atom stereocenters. The number of aryl methyl sites for hydroxylation is 1. The van der Waals surface area contributed by atoms with Crippen LogP contribution in [-0.2, 0) is 25.5 Å². The third-order valence-corrected chi connectivity index (χ3v) is 7.02. The average molecular weight is 442 g/mol. The molecule has 3 aliphatic heterocycles. The van der Waals surface area contributed by atoms with Gasteiger partial charge in [0.05, 0.1) is 19.1 Å². The van der Waals surface area contributed by atoms with Crippen molar-refractivity contribution in [3.63, 3.8) is 0 Å². The third kappa shape index (κ3) is 5.14. The van der Waals surface area contributed by atoms with Crippen molar-refractivity contribution in [2.45, 2.75) is 45.4 Å². The van der Waals surface area contributed by atoms with Crippen LogP contribution in [0.1, 0.15) is 44.6 Å². The Bertz CT molecular complexity index is 811. The number of ether oxygens (including phenoxy) is 1. The number of amides is 3. The number of morpholine rings is 1. The minimum Gasteiger partial charge on any atom is -0.378 e. The molecule has 3 amide bonds. The zero-order chi connectivity index (χ0) is 22.5. The van der Waals surface area contributed by atoms with Gasteiger partial charge < -0.3 is 19.4 Å². The molecule has 0 spiro atoms. The van der Waals surface area contributed by atoms with Crippen LogP contribution >= 0.6 is 0 Å². The molecule has 0 radical (unpaired) electrons. The van der Waals surface area contributed by atoms with Crippen LogP contribution in [0.4, 0.5) is 5.69 Å². The summed E-state index contributed by atoms with van der Waals surface area (Å²) in [5.74, 6) is -0.0384. The number of likely N-dealkylation sites (tertiary alicyclic amines) is 1. The van der Waals surface area contributed by atoms with E-state index in [1.807, 2.05) is 21.9 Å². The van der Waals surface area contributed by atoms with Crippen LogP contribution in [0, 0.1) is 11.8 Å². The van der Waals surface area contributed by atoms with Crippen molar-refractivity contribution >= 4 is 23.4 Å². The molecule has 0 bridgehead atoms. The number of carbonyl (C=O) groups excluding carboxylic acids is 3. The molecule has 7 heteroatoms. The molecule has 1 aromatic rings. The summed E-state index contributed by atoms with van der Waals surface area (Å²) in [7, 11) is 0. The van der Waals surface area contributed by atoms with Gasteiger partial charge in [-0.15, -0.1) is 0 Å². The van der Waals surface area contributed by atoms with Crippen LogP contribution in [-0.4, -0.2) is 73.5 Å². The first kappa shape index (κ1) is 22.8. The highest BCUT2D eigenvalue weighted by molar-refractivity contribution is 6.00. The van der Waals surface area contributed by atoms with E-state index in [2.05, 4.69) is 19.1 Å². The number of anilines is 1. The summed E-state index contributed by atoms with van der Waals surface area (Å²) in [5, 5.41) is 0. The van der Waals surface area contributed by atoms with E-state index in [1.165, 1.54) is 5.56 Å². The van der Waals surface area contributed by atoms with E-state index in [1.54, 1.807) is 4.90 Å². The van der Waals surface area contributed by atoms with Crippen LogP contribution in [0.25, 0.3) is 0 Å². The van der Waals surface area contributed by atoms with E-state index < -0.39 is 0 Å². The first-order valence-electron chi connectivity index (χ1n) is 12.1. The summed E-state index contributed by atoms with van der Waals surface area (Å²) in [4.78, 5) is 44.0. The molecular formula is C25H35N3O4. The predicted octanol–water partition coefficient (Wildman–Crippen LogP) is 2.48. The Morgan fingerprint density at radius 2 is 1.56 bits per heavy atom. The highest BCUT2D eigenvalue weighted by Crippen LogP contribution is 2.29. The van der Waals surface area contributed by atoms with Gasteiger partial charge in [-0.25, -0.2) is 0 Å². The van der Waals surface area contributed by atoms with E-state index in [0.717, 1.165) is 24.9 Å². The van der Waals surface area contributed by atoms with E-state index in [0.29, 0.717) is 58.8 Å². The Morgan fingerprint density at radius 1 is 0.938 bits per heavy atom. The predicted molar refractivity (Wildman–Crippen MR) is 122 cm³/mol. The molecule has 3 saturated heterocycles. The summed E-state index contributed by atoms with van der Waals surface area (Å²) < 4.78 is 5.33. The van der Waals surface area contributed by atoms with Crippen LogP contribution < -0.4 is 4.90 Å². The van der Waals surface area contributed by atoms with Crippen molar-refractivity contribution in [3.8, 4) is 0 Å². The van der Waals surface area contributed by atoms with Crippen LogP contribution in [0.3, 0.4) is 0 Å². The maximum absolute atomic E-state index is 13.1. The second-order valence-corrected chi connectivity index (χ2v) is 9.21. The number of piperidine rings is 1. The molecule has 32 heavy (non-hydrogen) atoms. The molecule has 174 valence electrons. The highest BCUT2D eigenvalue weighted by atomic mass is 16.5. The van der Waals surface area contributed by atoms with Crippen LogP contribution in [0.2, 0.25) is 0 Å². The lowest BCUT2D eigenvalue weighted by atomic mass is 9.94. The fraction of sp³-hybridized carbons (Fsp3) is 0.640. The zero-order valence-corrected chi connectivity index (χ0v) is 19.1. The Morgan fingerprint density at radius 3 is 2.22 bits per heavy atom. The summed E-state index contributed by atoms with van der Waals surface area (Å²) in [5.41, 5.74) is 2.16. The SMILES string of the molecule is CCCCc1ccc(N2CC(C(=O)N3CCC(C(=O)N4CCOCC4)CC3)CC2=O)cc1. The van der Waals surface area contributed by atoms with E-state index in [4.69, 9.17) is 4.74 Å². The summed E-state index contributed by atoms with van der Waals surface area (Å²) in [6.45, 7) is 6.35. The standard InChI is InChI=1S/C25H35N3O4/c1-2-3-4-19-5-7-22(8-6-19)28-18-21(17-23(28)29)25(31)26-11-9-20(10-12-26)24(30)27-13-15-32-16-14-27/h5-8,20-21H,2-4,9-18H2,1H3. The van der Waals surface area contributed by atoms with E-state index in [9.17, 15) is 14.4 Å². The van der Waals surface area contributed by atoms with Gasteiger partial charge in [0.1, 0.15) is 0 Å². The van der Waals surface area contributed by atoms with Crippen molar-refractivity contribution in [2.24, 2.45) is 11.8 Å². The lowest BCUT2D eigenvalue weighted by Gasteiger charge is -2.36. The lowest BCUT2D eigenvalue weighted by Crippen LogP contribution is -2.48. The highest BCUT2D eigenvalue weighted by Gasteiger charge is 2.39. The van der Waals surface area contributed by atoms with Gasteiger partial charge in [0.25, 0.3) is 0 Å². The molecule has 0 N–H and O–H groups in total. The average Bonchev–Trinajstić information content (AvgIpc) is 3.24. The van der Waals surface area contributed by atoms with Crippen molar-refractivity contribution in [1.82, 2.24) is 9.80 Å². The van der Waals surface area contributed by atoms with Crippen LogP contribution in [0.15, 0.2) is 24.3 Å². The summed E-state index contributed by atoms with van der Waals surface area (Å²) in [6.07, 6.45) is 5.04. The molecule has 0 aromatic heterocycles. The number of nitrogens with zero attached hydrogens (tertiary/aromatic N) is 3. The first-order chi connectivity index (χ1) is 15.6. The Labute approximate surface area is 190 Å². The smallest absolute Gasteiger partial charge is 0.228 e. The summed E-state index contributed by atoms with van der Waals surface area (Å²) in [6, 6.07) is 8.17. The molecular weight excluding hydrogens is 406 g/mol. The largest absolute Gasteiger partial charge is 0.378 e. The molecule has 0 saturated carbocycles. The van der Waals surface area contributed by atoms with Crippen molar-refractivity contribution in [3.05, 3.63) is 29.8 Å². The number of hydrogen-bond donors (Lipinski definition) is 0. The third-order valence-electron chi connectivity index (χ3n) is 7.02. The van der Waals surface area contributed by atoms with Gasteiger partial charge in [-0.3, -0.25) is 14.4 Å². The Balaban J connectivity index is 1.29. The minimum atomic E-state index is -0.297. The summed E-state index contributed by atoms with van der Waals surface area (Å²) >= 11 is 0. The molecule has 0 aliphatic carbocycles. The second-order valence-electron chi connectivity index (χ2n) is 9.21. The number of benzene rings is 1. The van der Waals surface area contributed by atoms with Gasteiger partial charge in [0.2, 0.25) is 17.7 Å². The fourth-order valence-electron chi connectivity index (χ4n) is 4.99. The molecule has 1 aromatic carbocycles. The van der Waals surface area contributed by atoms with E-state index >= 15 is 0 Å². The molecule has 7 nitrogen and oxygen atoms in total. The first-order valence-corrected chi connectivity index (χ1v) is 12.1. The maximum Gasteiger partial charge on any atom is 0.228 e. The molecule has 3 heterocycles. The van der Waals surface area contributed by atoms with Crippen molar-refractivity contribution in [1.29, 1.82) is 0 Å². The topological polar surface area (TPSA) is 70.2 Å².